The molecule has 0 atom stereocenters. The lowest BCUT2D eigenvalue weighted by Gasteiger charge is -2.08. The lowest BCUT2D eigenvalue weighted by Crippen LogP contribution is -2.10. The van der Waals surface area contributed by atoms with Crippen molar-refractivity contribution < 1.29 is 9.59 Å². The zero-order valence-electron chi connectivity index (χ0n) is 11.6. The van der Waals surface area contributed by atoms with Crippen LogP contribution >= 0.6 is 11.6 Å². The summed E-state index contributed by atoms with van der Waals surface area (Å²) in [5, 5.41) is 1.44. The van der Waals surface area contributed by atoms with Gasteiger partial charge in [-0.05, 0) is 23.8 Å². The highest BCUT2D eigenvalue weighted by Gasteiger charge is 2.11. The fourth-order valence-electron chi connectivity index (χ4n) is 2.51. The fraction of sp³-hybridized carbons (Fsp3) is 0.0588. The molecule has 0 spiro atoms. The van der Waals surface area contributed by atoms with E-state index in [1.54, 1.807) is 24.4 Å². The Morgan fingerprint density at radius 2 is 2.00 bits per heavy atom. The van der Waals surface area contributed by atoms with E-state index < -0.39 is 5.91 Å². The van der Waals surface area contributed by atoms with Gasteiger partial charge in [0.2, 0.25) is 5.91 Å². The van der Waals surface area contributed by atoms with E-state index in [2.05, 4.69) is 0 Å². The first kappa shape index (κ1) is 14.4. The van der Waals surface area contributed by atoms with Gasteiger partial charge in [-0.2, -0.15) is 0 Å². The number of rotatable bonds is 4. The molecule has 0 saturated heterocycles. The molecule has 0 aliphatic heterocycles. The number of nitrogens with zero attached hydrogens (tertiary/aromatic N) is 1. The number of amides is 1. The van der Waals surface area contributed by atoms with Crippen LogP contribution < -0.4 is 5.73 Å². The van der Waals surface area contributed by atoms with Gasteiger partial charge in [-0.25, -0.2) is 0 Å². The van der Waals surface area contributed by atoms with Gasteiger partial charge in [-0.15, -0.1) is 0 Å². The van der Waals surface area contributed by atoms with E-state index in [1.807, 2.05) is 28.8 Å². The van der Waals surface area contributed by atoms with E-state index in [-0.39, 0.29) is 0 Å². The number of carbonyl (C=O) groups excluding carboxylic acids is 2. The van der Waals surface area contributed by atoms with E-state index in [9.17, 15) is 9.59 Å². The molecule has 0 aliphatic carbocycles. The predicted octanol–water partition coefficient (Wildman–Crippen LogP) is 3.25. The Kier molecular flexibility index (Phi) is 3.69. The van der Waals surface area contributed by atoms with Crippen LogP contribution in [-0.4, -0.2) is 16.8 Å². The minimum absolute atomic E-state index is 0.406. The topological polar surface area (TPSA) is 65.1 Å². The van der Waals surface area contributed by atoms with E-state index in [0.717, 1.165) is 22.8 Å². The van der Waals surface area contributed by atoms with Crippen molar-refractivity contribution in [1.82, 2.24) is 4.57 Å². The predicted molar refractivity (Wildman–Crippen MR) is 86.4 cm³/mol. The third-order valence-corrected chi connectivity index (χ3v) is 3.99. The largest absolute Gasteiger partial charge is 0.366 e. The maximum Gasteiger partial charge on any atom is 0.248 e. The van der Waals surface area contributed by atoms with Gasteiger partial charge >= 0.3 is 0 Å². The number of hydrogen-bond donors (Lipinski definition) is 1. The first-order chi connectivity index (χ1) is 10.6. The lowest BCUT2D eigenvalue weighted by atomic mass is 10.1. The molecule has 0 fully saturated rings. The molecule has 0 bridgehead atoms. The molecule has 5 heteroatoms. The van der Waals surface area contributed by atoms with Gasteiger partial charge in [-0.1, -0.05) is 35.9 Å². The summed E-state index contributed by atoms with van der Waals surface area (Å²) >= 11 is 6.19. The molecular formula is C17H13ClN2O2. The van der Waals surface area contributed by atoms with Crippen LogP contribution in [0.5, 0.6) is 0 Å². The average Bonchev–Trinajstić information content (AvgIpc) is 2.87. The maximum atomic E-state index is 11.4. The fourth-order valence-corrected chi connectivity index (χ4v) is 2.70. The van der Waals surface area contributed by atoms with Gasteiger partial charge in [0.05, 0.1) is 0 Å². The van der Waals surface area contributed by atoms with Crippen LogP contribution in [0.25, 0.3) is 10.9 Å². The summed E-state index contributed by atoms with van der Waals surface area (Å²) in [6.07, 6.45) is 2.56. The Morgan fingerprint density at radius 1 is 1.23 bits per heavy atom. The van der Waals surface area contributed by atoms with Gasteiger partial charge in [0, 0.05) is 39.8 Å². The van der Waals surface area contributed by atoms with Gasteiger partial charge < -0.3 is 10.3 Å². The summed E-state index contributed by atoms with van der Waals surface area (Å²) in [5.74, 6) is -0.500. The van der Waals surface area contributed by atoms with Gasteiger partial charge in [0.15, 0.2) is 6.29 Å². The Balaban J connectivity index is 2.16. The normalized spacial score (nSPS) is 10.8. The summed E-state index contributed by atoms with van der Waals surface area (Å²) in [7, 11) is 0. The summed E-state index contributed by atoms with van der Waals surface area (Å²) in [6, 6.07) is 12.6. The number of nitrogens with two attached hydrogens (primary N) is 1. The van der Waals surface area contributed by atoms with Gasteiger partial charge in [-0.3, -0.25) is 9.59 Å². The van der Waals surface area contributed by atoms with Crippen LogP contribution in [0.2, 0.25) is 5.02 Å². The summed E-state index contributed by atoms with van der Waals surface area (Å²) in [5.41, 5.74) is 8.02. The molecule has 2 aromatic carbocycles. The molecule has 1 amide bonds. The highest BCUT2D eigenvalue weighted by molar-refractivity contribution is 6.31. The van der Waals surface area contributed by atoms with E-state index in [0.29, 0.717) is 22.7 Å². The molecule has 0 aliphatic rings. The number of hydrogen-bond acceptors (Lipinski definition) is 2. The Bertz CT molecular complexity index is 883. The number of benzene rings is 2. The third-order valence-electron chi connectivity index (χ3n) is 3.62. The van der Waals surface area contributed by atoms with Crippen molar-refractivity contribution in [2.24, 2.45) is 5.73 Å². The monoisotopic (exact) mass is 312 g/mol. The quantitative estimate of drug-likeness (QED) is 0.751. The van der Waals surface area contributed by atoms with E-state index in [1.165, 1.54) is 0 Å². The molecule has 1 aromatic heterocycles. The Labute approximate surface area is 132 Å². The Hall–Kier alpha value is -2.59. The van der Waals surface area contributed by atoms with Crippen LogP contribution in [-0.2, 0) is 6.54 Å². The molecule has 3 rings (SSSR count). The Morgan fingerprint density at radius 3 is 2.68 bits per heavy atom. The minimum atomic E-state index is -0.500. The molecule has 110 valence electrons. The van der Waals surface area contributed by atoms with Gasteiger partial charge in [0.25, 0.3) is 0 Å². The van der Waals surface area contributed by atoms with Crippen LogP contribution in [0.1, 0.15) is 26.3 Å². The number of aromatic nitrogens is 1. The smallest absolute Gasteiger partial charge is 0.248 e. The number of carbonyl (C=O) groups is 2. The summed E-state index contributed by atoms with van der Waals surface area (Å²) < 4.78 is 1.90. The molecule has 3 aromatic rings. The highest BCUT2D eigenvalue weighted by Crippen LogP contribution is 2.24. The van der Waals surface area contributed by atoms with Crippen molar-refractivity contribution in [2.75, 3.05) is 0 Å². The molecule has 4 nitrogen and oxygen atoms in total. The van der Waals surface area contributed by atoms with Crippen LogP contribution in [0.15, 0.2) is 48.7 Å². The van der Waals surface area contributed by atoms with Crippen molar-refractivity contribution in [3.63, 3.8) is 0 Å². The number of aldehydes is 1. The van der Waals surface area contributed by atoms with Crippen molar-refractivity contribution in [3.05, 3.63) is 70.4 Å². The molecular weight excluding hydrogens is 300 g/mol. The zero-order valence-corrected chi connectivity index (χ0v) is 12.4. The molecule has 1 heterocycles. The highest BCUT2D eigenvalue weighted by atomic mass is 35.5. The molecule has 0 unspecified atom stereocenters. The zero-order chi connectivity index (χ0) is 15.7. The van der Waals surface area contributed by atoms with Crippen LogP contribution in [0.4, 0.5) is 0 Å². The van der Waals surface area contributed by atoms with E-state index >= 15 is 0 Å². The van der Waals surface area contributed by atoms with Crippen molar-refractivity contribution in [1.29, 1.82) is 0 Å². The van der Waals surface area contributed by atoms with Gasteiger partial charge in [0.1, 0.15) is 0 Å². The van der Waals surface area contributed by atoms with Crippen LogP contribution in [0.3, 0.4) is 0 Å². The second-order valence-electron chi connectivity index (χ2n) is 5.02. The molecule has 22 heavy (non-hydrogen) atoms. The molecule has 0 saturated carbocycles. The molecule has 0 radical (unpaired) electrons. The second-order valence-corrected chi connectivity index (χ2v) is 5.42. The average molecular weight is 313 g/mol. The standard InChI is InChI=1S/C17H13ClN2O2/c18-15-4-2-1-3-12(15)8-20-9-13(10-21)14-6-5-11(17(19)22)7-16(14)20/h1-7,9-10H,8H2,(H2,19,22). The summed E-state index contributed by atoms with van der Waals surface area (Å²) in [4.78, 5) is 22.6. The first-order valence-electron chi connectivity index (χ1n) is 6.71. The van der Waals surface area contributed by atoms with Crippen LogP contribution in [0, 0.1) is 0 Å². The van der Waals surface area contributed by atoms with Crippen molar-refractivity contribution in [3.8, 4) is 0 Å². The number of fused-ring (bicyclic) bond motifs is 1. The lowest BCUT2D eigenvalue weighted by molar-refractivity contribution is 0.1000. The van der Waals surface area contributed by atoms with Crippen molar-refractivity contribution in [2.45, 2.75) is 6.54 Å². The second kappa shape index (κ2) is 5.66. The third kappa shape index (κ3) is 2.49. The number of halogens is 1. The van der Waals surface area contributed by atoms with E-state index in [4.69, 9.17) is 17.3 Å². The number of primary amides is 1. The molecule has 2 N–H and O–H groups in total. The summed E-state index contributed by atoms with van der Waals surface area (Å²) in [6.45, 7) is 0.506. The first-order valence-corrected chi connectivity index (χ1v) is 7.09. The SMILES string of the molecule is NC(=O)c1ccc2c(C=O)cn(Cc3ccccc3Cl)c2c1. The minimum Gasteiger partial charge on any atom is -0.366 e. The maximum absolute atomic E-state index is 11.4. The van der Waals surface area contributed by atoms with Crippen molar-refractivity contribution >= 4 is 34.7 Å².